The molecule has 1 fully saturated rings. The number of aliphatic hydroxyl groups excluding tert-OH is 1. The minimum Gasteiger partial charge on any atom is -0.393 e. The Labute approximate surface area is 161 Å². The van der Waals surface area contributed by atoms with Gasteiger partial charge in [-0.2, -0.15) is 0 Å². The van der Waals surface area contributed by atoms with Gasteiger partial charge in [0.1, 0.15) is 5.52 Å². The number of fused-ring (bicyclic) bond motifs is 2. The fourth-order valence-corrected chi connectivity index (χ4v) is 3.91. The number of aromatic nitrogens is 6. The summed E-state index contributed by atoms with van der Waals surface area (Å²) >= 11 is 0. The number of anilines is 1. The third-order valence-corrected chi connectivity index (χ3v) is 5.57. The van der Waals surface area contributed by atoms with E-state index in [4.69, 9.17) is 5.10 Å². The van der Waals surface area contributed by atoms with Gasteiger partial charge >= 0.3 is 0 Å². The summed E-state index contributed by atoms with van der Waals surface area (Å²) in [5.41, 5.74) is 4.28. The van der Waals surface area contributed by atoms with Crippen LogP contribution < -0.4 is 4.90 Å². The Balaban J connectivity index is 1.47. The number of rotatable bonds is 3. The molecule has 142 valence electrons. The normalized spacial score (nSPS) is 19.9. The fraction of sp³-hybridized carbons (Fsp3) is 0.350. The van der Waals surface area contributed by atoms with Gasteiger partial charge in [0.25, 0.3) is 0 Å². The van der Waals surface area contributed by atoms with Gasteiger partial charge in [-0.1, -0.05) is 0 Å². The minimum atomic E-state index is -0.166. The molecule has 0 bridgehead atoms. The van der Waals surface area contributed by atoms with Gasteiger partial charge in [0.05, 0.1) is 17.8 Å². The van der Waals surface area contributed by atoms with Gasteiger partial charge in [0.15, 0.2) is 5.65 Å². The molecular weight excluding hydrogens is 354 g/mol. The van der Waals surface area contributed by atoms with E-state index in [1.54, 1.807) is 18.6 Å². The average molecular weight is 375 g/mol. The highest BCUT2D eigenvalue weighted by molar-refractivity contribution is 5.84. The second kappa shape index (κ2) is 6.79. The average Bonchev–Trinajstić information content (AvgIpc) is 3.16. The summed E-state index contributed by atoms with van der Waals surface area (Å²) in [4.78, 5) is 19.7. The second-order valence-corrected chi connectivity index (χ2v) is 7.31. The molecule has 4 aromatic rings. The van der Waals surface area contributed by atoms with E-state index in [1.165, 1.54) is 0 Å². The first-order valence-corrected chi connectivity index (χ1v) is 9.51. The summed E-state index contributed by atoms with van der Waals surface area (Å²) in [6.07, 6.45) is 12.3. The largest absolute Gasteiger partial charge is 0.393 e. The van der Waals surface area contributed by atoms with Gasteiger partial charge in [-0.25, -0.2) is 19.5 Å². The van der Waals surface area contributed by atoms with E-state index in [0.29, 0.717) is 17.6 Å². The molecule has 4 aromatic heterocycles. The molecule has 8 nitrogen and oxygen atoms in total. The highest BCUT2D eigenvalue weighted by Crippen LogP contribution is 2.28. The van der Waals surface area contributed by atoms with E-state index < -0.39 is 0 Å². The van der Waals surface area contributed by atoms with E-state index in [0.717, 1.165) is 47.8 Å². The molecule has 0 atom stereocenters. The van der Waals surface area contributed by atoms with Crippen molar-refractivity contribution < 1.29 is 5.11 Å². The predicted molar refractivity (Wildman–Crippen MR) is 106 cm³/mol. The first kappa shape index (κ1) is 17.0. The number of hydrogen-bond acceptors (Lipinski definition) is 7. The van der Waals surface area contributed by atoms with Crippen molar-refractivity contribution in [2.75, 3.05) is 11.9 Å². The smallest absolute Gasteiger partial charge is 0.243 e. The number of hydrogen-bond donors (Lipinski definition) is 1. The summed E-state index contributed by atoms with van der Waals surface area (Å²) < 4.78 is 1.85. The van der Waals surface area contributed by atoms with Crippen molar-refractivity contribution in [3.8, 4) is 11.1 Å². The van der Waals surface area contributed by atoms with Gasteiger partial charge in [0, 0.05) is 49.0 Å². The van der Waals surface area contributed by atoms with Crippen molar-refractivity contribution in [2.45, 2.75) is 37.8 Å². The van der Waals surface area contributed by atoms with Crippen LogP contribution in [0.3, 0.4) is 0 Å². The topological polar surface area (TPSA) is 92.3 Å². The SMILES string of the molecule is CN(c1ncc2c(-c3cnc4nccnc4c3)ccn2n1)C1CCC(O)CC1. The van der Waals surface area contributed by atoms with Crippen LogP contribution in [0.5, 0.6) is 0 Å². The lowest BCUT2D eigenvalue weighted by Gasteiger charge is -2.32. The molecule has 5 rings (SSSR count). The molecule has 1 aliphatic rings. The Morgan fingerprint density at radius 1 is 1.04 bits per heavy atom. The molecule has 0 aromatic carbocycles. The fourth-order valence-electron chi connectivity index (χ4n) is 3.91. The van der Waals surface area contributed by atoms with Crippen LogP contribution in [-0.2, 0) is 0 Å². The monoisotopic (exact) mass is 375 g/mol. The lowest BCUT2D eigenvalue weighted by molar-refractivity contribution is 0.122. The molecular formula is C20H21N7O. The summed E-state index contributed by atoms with van der Waals surface area (Å²) in [6.45, 7) is 0. The molecule has 4 heterocycles. The minimum absolute atomic E-state index is 0.166. The van der Waals surface area contributed by atoms with Crippen molar-refractivity contribution in [3.63, 3.8) is 0 Å². The van der Waals surface area contributed by atoms with Crippen LogP contribution in [-0.4, -0.2) is 53.9 Å². The van der Waals surface area contributed by atoms with Crippen LogP contribution in [0.4, 0.5) is 5.95 Å². The van der Waals surface area contributed by atoms with Crippen molar-refractivity contribution in [1.82, 2.24) is 29.5 Å². The van der Waals surface area contributed by atoms with E-state index in [-0.39, 0.29) is 6.10 Å². The lowest BCUT2D eigenvalue weighted by Crippen LogP contribution is -2.37. The maximum Gasteiger partial charge on any atom is 0.243 e. The van der Waals surface area contributed by atoms with Crippen LogP contribution in [0.2, 0.25) is 0 Å². The summed E-state index contributed by atoms with van der Waals surface area (Å²) in [7, 11) is 2.03. The first-order chi connectivity index (χ1) is 13.7. The number of aliphatic hydroxyl groups is 1. The molecule has 0 unspecified atom stereocenters. The van der Waals surface area contributed by atoms with Crippen LogP contribution in [0.25, 0.3) is 27.8 Å². The van der Waals surface area contributed by atoms with Gasteiger partial charge in [-0.3, -0.25) is 4.98 Å². The van der Waals surface area contributed by atoms with Crippen LogP contribution >= 0.6 is 0 Å². The second-order valence-electron chi connectivity index (χ2n) is 7.31. The predicted octanol–water partition coefficient (Wildman–Crippen LogP) is 2.47. The Morgan fingerprint density at radius 3 is 2.71 bits per heavy atom. The Hall–Kier alpha value is -3.13. The van der Waals surface area contributed by atoms with E-state index in [9.17, 15) is 5.11 Å². The molecule has 8 heteroatoms. The zero-order chi connectivity index (χ0) is 19.1. The van der Waals surface area contributed by atoms with Gasteiger partial charge in [-0.15, -0.1) is 5.10 Å². The summed E-state index contributed by atoms with van der Waals surface area (Å²) in [5, 5.41) is 14.4. The zero-order valence-corrected chi connectivity index (χ0v) is 15.6. The molecule has 28 heavy (non-hydrogen) atoms. The first-order valence-electron chi connectivity index (χ1n) is 9.51. The lowest BCUT2D eigenvalue weighted by atomic mass is 9.92. The number of pyridine rings is 1. The molecule has 0 radical (unpaired) electrons. The van der Waals surface area contributed by atoms with Crippen LogP contribution in [0, 0.1) is 0 Å². The highest BCUT2D eigenvalue weighted by Gasteiger charge is 2.24. The maximum absolute atomic E-state index is 9.73. The third-order valence-electron chi connectivity index (χ3n) is 5.57. The highest BCUT2D eigenvalue weighted by atomic mass is 16.3. The van der Waals surface area contributed by atoms with Crippen LogP contribution in [0.1, 0.15) is 25.7 Å². The van der Waals surface area contributed by atoms with Gasteiger partial charge < -0.3 is 10.0 Å². The molecule has 0 amide bonds. The Bertz CT molecular complexity index is 1130. The van der Waals surface area contributed by atoms with Crippen molar-refractivity contribution in [1.29, 1.82) is 0 Å². The maximum atomic E-state index is 9.73. The zero-order valence-electron chi connectivity index (χ0n) is 15.6. The molecule has 1 aliphatic carbocycles. The standard InChI is InChI=1S/C20H21N7O/c1-26(14-2-4-15(28)5-3-14)20-24-12-18-16(6-9-27(18)25-20)13-10-17-19(23-11-13)22-8-7-21-17/h6-12,14-15,28H,2-5H2,1H3. The Kier molecular flexibility index (Phi) is 4.12. The molecule has 1 saturated carbocycles. The van der Waals surface area contributed by atoms with E-state index >= 15 is 0 Å². The third kappa shape index (κ3) is 2.95. The van der Waals surface area contributed by atoms with E-state index in [2.05, 4.69) is 24.8 Å². The van der Waals surface area contributed by atoms with Crippen LogP contribution in [0.15, 0.2) is 43.1 Å². The molecule has 0 spiro atoms. The molecule has 0 aliphatic heterocycles. The van der Waals surface area contributed by atoms with Crippen molar-refractivity contribution in [2.24, 2.45) is 0 Å². The van der Waals surface area contributed by atoms with Gasteiger partial charge in [-0.05, 0) is 37.8 Å². The number of nitrogens with zero attached hydrogens (tertiary/aromatic N) is 7. The van der Waals surface area contributed by atoms with Crippen molar-refractivity contribution >= 4 is 22.6 Å². The van der Waals surface area contributed by atoms with Gasteiger partial charge in [0.2, 0.25) is 5.95 Å². The van der Waals surface area contributed by atoms with E-state index in [1.807, 2.05) is 36.1 Å². The summed E-state index contributed by atoms with van der Waals surface area (Å²) in [6, 6.07) is 4.36. The quantitative estimate of drug-likeness (QED) is 0.588. The Morgan fingerprint density at radius 2 is 1.86 bits per heavy atom. The summed E-state index contributed by atoms with van der Waals surface area (Å²) in [5.74, 6) is 0.693. The molecule has 0 saturated heterocycles. The molecule has 1 N–H and O–H groups in total. The van der Waals surface area contributed by atoms with Crippen molar-refractivity contribution in [3.05, 3.63) is 43.1 Å².